The van der Waals surface area contributed by atoms with E-state index in [0.29, 0.717) is 24.3 Å². The van der Waals surface area contributed by atoms with E-state index in [1.54, 1.807) is 19.1 Å². The fourth-order valence-electron chi connectivity index (χ4n) is 1.78. The Balaban J connectivity index is 2.60. The summed E-state index contributed by atoms with van der Waals surface area (Å²) < 4.78 is 25.2. The molecule has 0 spiro atoms. The Hall–Kier alpha value is -1.22. The molecule has 1 rings (SSSR count). The van der Waals surface area contributed by atoms with Crippen LogP contribution in [0.4, 0.5) is 4.39 Å². The first kappa shape index (κ1) is 18.8. The SMILES string of the molecule is Cc1c(F)cccc1C(C#N)OCCO[Si](C)(C)C(C)(C)C. The van der Waals surface area contributed by atoms with Crippen LogP contribution in [0.2, 0.25) is 18.1 Å². The van der Waals surface area contributed by atoms with Crippen molar-refractivity contribution in [2.24, 2.45) is 0 Å². The highest BCUT2D eigenvalue weighted by Gasteiger charge is 2.36. The minimum atomic E-state index is -1.81. The van der Waals surface area contributed by atoms with E-state index in [2.05, 4.69) is 39.9 Å². The third-order valence-corrected chi connectivity index (χ3v) is 8.88. The second kappa shape index (κ2) is 7.36. The quantitative estimate of drug-likeness (QED) is 0.561. The van der Waals surface area contributed by atoms with Crippen molar-refractivity contribution < 1.29 is 13.6 Å². The van der Waals surface area contributed by atoms with Crippen LogP contribution in [0.5, 0.6) is 0 Å². The highest BCUT2D eigenvalue weighted by atomic mass is 28.4. The number of benzene rings is 1. The maximum absolute atomic E-state index is 13.6. The number of rotatable bonds is 6. The maximum atomic E-state index is 13.6. The first-order chi connectivity index (χ1) is 10.1. The Morgan fingerprint density at radius 2 is 1.91 bits per heavy atom. The van der Waals surface area contributed by atoms with Crippen LogP contribution in [0.25, 0.3) is 0 Å². The first-order valence-corrected chi connectivity index (χ1v) is 10.4. The zero-order chi connectivity index (χ0) is 17.0. The second-order valence-corrected chi connectivity index (χ2v) is 11.8. The van der Waals surface area contributed by atoms with Crippen LogP contribution in [-0.4, -0.2) is 21.5 Å². The summed E-state index contributed by atoms with van der Waals surface area (Å²) in [6.45, 7) is 13.3. The van der Waals surface area contributed by atoms with Gasteiger partial charge in [-0.05, 0) is 36.7 Å². The Bertz CT molecular complexity index is 547. The van der Waals surface area contributed by atoms with E-state index in [0.717, 1.165) is 0 Å². The number of hydrogen-bond acceptors (Lipinski definition) is 3. The van der Waals surface area contributed by atoms with Gasteiger partial charge in [0.1, 0.15) is 5.82 Å². The number of halogens is 1. The van der Waals surface area contributed by atoms with Gasteiger partial charge in [-0.2, -0.15) is 5.26 Å². The van der Waals surface area contributed by atoms with E-state index < -0.39 is 14.4 Å². The lowest BCUT2D eigenvalue weighted by Gasteiger charge is -2.36. The lowest BCUT2D eigenvalue weighted by atomic mass is 10.0. The zero-order valence-electron chi connectivity index (χ0n) is 14.4. The van der Waals surface area contributed by atoms with Gasteiger partial charge in [-0.1, -0.05) is 32.9 Å². The molecule has 1 aromatic carbocycles. The van der Waals surface area contributed by atoms with E-state index in [1.807, 2.05) is 0 Å². The van der Waals surface area contributed by atoms with Crippen molar-refractivity contribution >= 4 is 8.32 Å². The van der Waals surface area contributed by atoms with Gasteiger partial charge in [-0.3, -0.25) is 0 Å². The van der Waals surface area contributed by atoms with Gasteiger partial charge in [0.25, 0.3) is 0 Å². The molecule has 0 bridgehead atoms. The van der Waals surface area contributed by atoms with Gasteiger partial charge < -0.3 is 9.16 Å². The lowest BCUT2D eigenvalue weighted by molar-refractivity contribution is 0.0604. The molecule has 0 saturated carbocycles. The Labute approximate surface area is 134 Å². The number of hydrogen-bond donors (Lipinski definition) is 0. The smallest absolute Gasteiger partial charge is 0.192 e. The molecule has 0 amide bonds. The summed E-state index contributed by atoms with van der Waals surface area (Å²) in [4.78, 5) is 0. The molecule has 0 N–H and O–H groups in total. The summed E-state index contributed by atoms with van der Waals surface area (Å²) >= 11 is 0. The Kier molecular flexibility index (Phi) is 6.30. The van der Waals surface area contributed by atoms with Gasteiger partial charge in [0.15, 0.2) is 14.4 Å². The predicted molar refractivity (Wildman–Crippen MR) is 88.6 cm³/mol. The van der Waals surface area contributed by atoms with Gasteiger partial charge in [0, 0.05) is 5.56 Å². The fraction of sp³-hybridized carbons (Fsp3) is 0.588. The number of nitriles is 1. The summed E-state index contributed by atoms with van der Waals surface area (Å²) in [5.41, 5.74) is 1.04. The van der Waals surface area contributed by atoms with E-state index in [-0.39, 0.29) is 10.9 Å². The van der Waals surface area contributed by atoms with Gasteiger partial charge >= 0.3 is 0 Å². The molecule has 0 aliphatic carbocycles. The van der Waals surface area contributed by atoms with Crippen LogP contribution >= 0.6 is 0 Å². The molecule has 1 unspecified atom stereocenters. The average Bonchev–Trinajstić information content (AvgIpc) is 2.41. The molecule has 122 valence electrons. The molecule has 1 aromatic rings. The maximum Gasteiger partial charge on any atom is 0.192 e. The minimum absolute atomic E-state index is 0.140. The van der Waals surface area contributed by atoms with Crippen LogP contribution in [0.1, 0.15) is 38.0 Å². The molecule has 0 heterocycles. The third kappa shape index (κ3) is 4.64. The van der Waals surface area contributed by atoms with Gasteiger partial charge in [-0.25, -0.2) is 4.39 Å². The van der Waals surface area contributed by atoms with Crippen molar-refractivity contribution in [2.75, 3.05) is 13.2 Å². The molecule has 1 atom stereocenters. The summed E-state index contributed by atoms with van der Waals surface area (Å²) in [5, 5.41) is 9.39. The summed E-state index contributed by atoms with van der Waals surface area (Å²) in [6.07, 6.45) is -0.765. The normalized spacial score (nSPS) is 13.7. The Morgan fingerprint density at radius 3 is 2.45 bits per heavy atom. The summed E-state index contributed by atoms with van der Waals surface area (Å²) in [6, 6.07) is 6.78. The molecule has 0 aliphatic heterocycles. The lowest BCUT2D eigenvalue weighted by Crippen LogP contribution is -2.41. The van der Waals surface area contributed by atoms with Crippen molar-refractivity contribution in [3.05, 3.63) is 35.1 Å². The van der Waals surface area contributed by atoms with Crippen LogP contribution in [0.3, 0.4) is 0 Å². The van der Waals surface area contributed by atoms with Crippen LogP contribution < -0.4 is 0 Å². The van der Waals surface area contributed by atoms with E-state index >= 15 is 0 Å². The topological polar surface area (TPSA) is 42.2 Å². The van der Waals surface area contributed by atoms with Crippen LogP contribution in [0, 0.1) is 24.1 Å². The average molecular weight is 323 g/mol. The predicted octanol–water partition coefficient (Wildman–Crippen LogP) is 4.74. The molecule has 3 nitrogen and oxygen atoms in total. The molecule has 0 radical (unpaired) electrons. The summed E-state index contributed by atoms with van der Waals surface area (Å²) in [5.74, 6) is -0.320. The van der Waals surface area contributed by atoms with Crippen molar-refractivity contribution in [1.82, 2.24) is 0 Å². The van der Waals surface area contributed by atoms with Crippen molar-refractivity contribution in [3.8, 4) is 6.07 Å². The molecule has 5 heteroatoms. The number of ether oxygens (including phenoxy) is 1. The first-order valence-electron chi connectivity index (χ1n) is 7.50. The molecule has 0 saturated heterocycles. The van der Waals surface area contributed by atoms with Crippen molar-refractivity contribution in [2.45, 2.75) is 51.9 Å². The highest BCUT2D eigenvalue weighted by Crippen LogP contribution is 2.36. The monoisotopic (exact) mass is 323 g/mol. The van der Waals surface area contributed by atoms with Gasteiger partial charge in [0.05, 0.1) is 19.3 Å². The molecule has 0 fully saturated rings. The second-order valence-electron chi connectivity index (χ2n) is 6.94. The fourth-order valence-corrected chi connectivity index (χ4v) is 2.81. The van der Waals surface area contributed by atoms with E-state index in [1.165, 1.54) is 6.07 Å². The van der Waals surface area contributed by atoms with Crippen molar-refractivity contribution in [1.29, 1.82) is 5.26 Å². The number of nitrogens with zero attached hydrogens (tertiary/aromatic N) is 1. The molecule has 22 heavy (non-hydrogen) atoms. The van der Waals surface area contributed by atoms with Gasteiger partial charge in [-0.15, -0.1) is 0 Å². The minimum Gasteiger partial charge on any atom is -0.414 e. The standard InChI is InChI=1S/C17H26FNO2Si/c1-13-14(8-7-9-15(13)18)16(12-19)20-10-11-21-22(5,6)17(2,3)4/h7-9,16H,10-11H2,1-6H3. The molecular weight excluding hydrogens is 297 g/mol. The summed E-state index contributed by atoms with van der Waals surface area (Å²) in [7, 11) is -1.81. The van der Waals surface area contributed by atoms with Crippen LogP contribution in [-0.2, 0) is 9.16 Å². The molecule has 0 aliphatic rings. The van der Waals surface area contributed by atoms with Crippen molar-refractivity contribution in [3.63, 3.8) is 0 Å². The highest BCUT2D eigenvalue weighted by molar-refractivity contribution is 6.74. The third-order valence-electron chi connectivity index (χ3n) is 4.35. The zero-order valence-corrected chi connectivity index (χ0v) is 15.4. The van der Waals surface area contributed by atoms with Crippen LogP contribution in [0.15, 0.2) is 18.2 Å². The molecular formula is C17H26FNO2Si. The van der Waals surface area contributed by atoms with E-state index in [9.17, 15) is 9.65 Å². The van der Waals surface area contributed by atoms with E-state index in [4.69, 9.17) is 9.16 Å². The van der Waals surface area contributed by atoms with Gasteiger partial charge in [0.2, 0.25) is 0 Å². The Morgan fingerprint density at radius 1 is 1.27 bits per heavy atom. The molecule has 0 aromatic heterocycles. The largest absolute Gasteiger partial charge is 0.414 e.